The van der Waals surface area contributed by atoms with E-state index in [1.54, 1.807) is 12.1 Å². The van der Waals surface area contributed by atoms with Gasteiger partial charge in [-0.25, -0.2) is 9.78 Å². The summed E-state index contributed by atoms with van der Waals surface area (Å²) in [5, 5.41) is 14.4. The number of nitrogens with one attached hydrogen (secondary N) is 3. The molecule has 0 aliphatic carbocycles. The molecule has 0 saturated carbocycles. The van der Waals surface area contributed by atoms with Crippen molar-refractivity contribution >= 4 is 65.0 Å². The molecular weight excluding hydrogens is 667 g/mol. The molecule has 1 aromatic carbocycles. The van der Waals surface area contributed by atoms with Crippen LogP contribution in [0, 0.1) is 0 Å². The number of aryl methyl sites for hydroxylation is 1. The fraction of sp³-hybridized carbons (Fsp3) is 0.414. The molecule has 13 heteroatoms. The van der Waals surface area contributed by atoms with Gasteiger partial charge in [-0.2, -0.15) is 10.1 Å². The van der Waals surface area contributed by atoms with E-state index in [2.05, 4.69) is 49.2 Å². The molecule has 0 bridgehead atoms. The lowest BCUT2D eigenvalue weighted by molar-refractivity contribution is 0.0527. The molecule has 42 heavy (non-hydrogen) atoms. The summed E-state index contributed by atoms with van der Waals surface area (Å²) in [7, 11) is 1.54. The molecule has 0 aliphatic heterocycles. The Labute approximate surface area is 262 Å². The summed E-state index contributed by atoms with van der Waals surface area (Å²) < 4.78 is 9.14. The third kappa shape index (κ3) is 8.84. The van der Waals surface area contributed by atoms with Crippen molar-refractivity contribution in [2.45, 2.75) is 65.5 Å². The molecular formula is C29H37IN8O3S. The fourth-order valence-corrected chi connectivity index (χ4v) is 5.50. The van der Waals surface area contributed by atoms with Gasteiger partial charge in [0.25, 0.3) is 5.91 Å². The number of carbonyl (C=O) groups excluding carboxylic acids is 2. The zero-order valence-electron chi connectivity index (χ0n) is 24.3. The maximum atomic E-state index is 12.6. The minimum absolute atomic E-state index is 0.130. The number of aromatic nitrogens is 5. The average molecular weight is 705 g/mol. The Bertz CT molecular complexity index is 1500. The van der Waals surface area contributed by atoms with Crippen molar-refractivity contribution in [3.8, 4) is 11.3 Å². The van der Waals surface area contributed by atoms with Crippen LogP contribution in [0.25, 0.3) is 22.3 Å². The van der Waals surface area contributed by atoms with E-state index in [4.69, 9.17) is 14.7 Å². The Balaban J connectivity index is 1.31. The minimum Gasteiger partial charge on any atom is -0.444 e. The van der Waals surface area contributed by atoms with Gasteiger partial charge in [0.1, 0.15) is 5.60 Å². The number of hydrogen-bond acceptors (Lipinski definition) is 8. The van der Waals surface area contributed by atoms with Crippen LogP contribution >= 0.6 is 30.3 Å². The van der Waals surface area contributed by atoms with Gasteiger partial charge in [-0.15, -0.1) is 0 Å². The van der Waals surface area contributed by atoms with Crippen molar-refractivity contribution in [1.82, 2.24) is 34.4 Å². The fourth-order valence-electron chi connectivity index (χ4n) is 4.23. The molecule has 4 rings (SSSR count). The first-order chi connectivity index (χ1) is 20.2. The third-order valence-corrected chi connectivity index (χ3v) is 7.87. The Morgan fingerprint density at radius 3 is 2.45 bits per heavy atom. The maximum Gasteiger partial charge on any atom is 0.407 e. The van der Waals surface area contributed by atoms with E-state index < -0.39 is 11.7 Å². The molecule has 3 aromatic heterocycles. The molecule has 0 unspecified atom stereocenters. The highest BCUT2D eigenvalue weighted by Gasteiger charge is 2.17. The quantitative estimate of drug-likeness (QED) is 0.103. The van der Waals surface area contributed by atoms with Crippen LogP contribution in [-0.2, 0) is 11.3 Å². The van der Waals surface area contributed by atoms with Gasteiger partial charge < -0.3 is 20.7 Å². The highest BCUT2D eigenvalue weighted by molar-refractivity contribution is 14.2. The van der Waals surface area contributed by atoms with Crippen LogP contribution < -0.4 is 16.0 Å². The third-order valence-electron chi connectivity index (χ3n) is 6.16. The second-order valence-corrected chi connectivity index (χ2v) is 12.5. The number of hydrogen-bond donors (Lipinski definition) is 3. The van der Waals surface area contributed by atoms with Crippen LogP contribution in [0.1, 0.15) is 63.7 Å². The van der Waals surface area contributed by atoms with Crippen LogP contribution in [-0.4, -0.2) is 54.4 Å². The van der Waals surface area contributed by atoms with Crippen LogP contribution in [0.5, 0.6) is 0 Å². The first-order valence-electron chi connectivity index (χ1n) is 14.0. The molecule has 2 amide bonds. The number of halogens is 1. The first kappa shape index (κ1) is 31.6. The first-order valence-corrected chi connectivity index (χ1v) is 17.3. The summed E-state index contributed by atoms with van der Waals surface area (Å²) >= 11 is 2.23. The van der Waals surface area contributed by atoms with E-state index in [9.17, 15) is 9.59 Å². The number of anilines is 2. The van der Waals surface area contributed by atoms with Gasteiger partial charge in [0.05, 0.1) is 11.9 Å². The van der Waals surface area contributed by atoms with E-state index in [1.165, 1.54) is 9.12 Å². The Morgan fingerprint density at radius 1 is 1.02 bits per heavy atom. The molecule has 0 aliphatic rings. The van der Waals surface area contributed by atoms with Crippen molar-refractivity contribution in [2.75, 3.05) is 18.4 Å². The molecule has 224 valence electrons. The number of carbonyl (C=O) groups is 2. The van der Waals surface area contributed by atoms with Gasteiger partial charge in [-0.3, -0.25) is 13.4 Å². The maximum absolute atomic E-state index is 12.6. The highest BCUT2D eigenvalue weighted by atomic mass is 127. The molecule has 0 spiro atoms. The standard InChI is InChI=1S/C29H37IN8O3S/c1-5-16-37-19-21(18-33-37)24-23-13-17-38(42-30)25(23)36-27(35-24)34-22-11-9-20(10-12-22)26(39)31-14-7-6-8-15-32-28(40)41-29(2,3)4/h9-13,17-19H,5-8,14-16H2,1-4H3,(H,31,39)(H,32,40)(H,34,35,36). The van der Waals surface area contributed by atoms with Crippen LogP contribution in [0.2, 0.25) is 0 Å². The number of amides is 2. The van der Waals surface area contributed by atoms with Gasteiger partial charge in [-0.1, -0.05) is 6.92 Å². The normalized spacial score (nSPS) is 11.5. The van der Waals surface area contributed by atoms with E-state index >= 15 is 0 Å². The molecule has 0 radical (unpaired) electrons. The number of benzene rings is 1. The van der Waals surface area contributed by atoms with Gasteiger partial charge >= 0.3 is 6.09 Å². The molecule has 0 atom stereocenters. The van der Waals surface area contributed by atoms with E-state index in [1.807, 2.05) is 66.2 Å². The van der Waals surface area contributed by atoms with Crippen LogP contribution in [0.15, 0.2) is 48.9 Å². The zero-order valence-corrected chi connectivity index (χ0v) is 27.3. The van der Waals surface area contributed by atoms with Crippen molar-refractivity contribution in [1.29, 1.82) is 0 Å². The van der Waals surface area contributed by atoms with Gasteiger partial charge in [0.2, 0.25) is 5.95 Å². The number of nitrogens with zero attached hydrogens (tertiary/aromatic N) is 5. The van der Waals surface area contributed by atoms with Crippen LogP contribution in [0.4, 0.5) is 16.4 Å². The van der Waals surface area contributed by atoms with Crippen molar-refractivity contribution in [3.05, 3.63) is 54.5 Å². The number of alkyl carbamates (subject to hydrolysis) is 1. The van der Waals surface area contributed by atoms with E-state index in [0.29, 0.717) is 24.6 Å². The van der Waals surface area contributed by atoms with Crippen LogP contribution in [0.3, 0.4) is 0 Å². The highest BCUT2D eigenvalue weighted by Crippen LogP contribution is 2.32. The SMILES string of the molecule is CCCn1cc(-c2nc(Nc3ccc(C(=O)NCCCCCNC(=O)OC(C)(C)C)cc3)nc3c2ccn3SI)cn1. The Hall–Kier alpha value is -3.33. The smallest absolute Gasteiger partial charge is 0.407 e. The van der Waals surface area contributed by atoms with Crippen molar-refractivity contribution in [2.24, 2.45) is 0 Å². The Morgan fingerprint density at radius 2 is 1.76 bits per heavy atom. The van der Waals surface area contributed by atoms with Gasteiger partial charge in [-0.05, 0) is 76.8 Å². The summed E-state index contributed by atoms with van der Waals surface area (Å²) in [5.41, 5.74) is 3.39. The minimum atomic E-state index is -0.506. The second-order valence-electron chi connectivity index (χ2n) is 10.8. The molecule has 0 saturated heterocycles. The molecule has 3 N–H and O–H groups in total. The molecule has 0 fully saturated rings. The van der Waals surface area contributed by atoms with Crippen molar-refractivity contribution in [3.63, 3.8) is 0 Å². The average Bonchev–Trinajstić information content (AvgIpc) is 3.58. The topological polar surface area (TPSA) is 128 Å². The lowest BCUT2D eigenvalue weighted by Gasteiger charge is -2.19. The van der Waals surface area contributed by atoms with E-state index in [-0.39, 0.29) is 5.91 Å². The summed E-state index contributed by atoms with van der Waals surface area (Å²) in [4.78, 5) is 33.9. The number of unbranched alkanes of at least 4 members (excludes halogenated alkanes) is 2. The zero-order chi connectivity index (χ0) is 30.1. The number of rotatable bonds is 13. The number of fused-ring (bicyclic) bond motifs is 1. The molecule has 4 aromatic rings. The predicted molar refractivity (Wildman–Crippen MR) is 176 cm³/mol. The Kier molecular flexibility index (Phi) is 11.1. The van der Waals surface area contributed by atoms with Gasteiger partial charge in [0, 0.05) is 84.6 Å². The largest absolute Gasteiger partial charge is 0.444 e. The van der Waals surface area contributed by atoms with Gasteiger partial charge in [0.15, 0.2) is 5.65 Å². The lowest BCUT2D eigenvalue weighted by Crippen LogP contribution is -2.33. The second kappa shape index (κ2) is 14.7. The molecule has 11 nitrogen and oxygen atoms in total. The predicted octanol–water partition coefficient (Wildman–Crippen LogP) is 6.72. The number of ether oxygens (including phenoxy) is 1. The summed E-state index contributed by atoms with van der Waals surface area (Å²) in [5.74, 6) is 0.332. The summed E-state index contributed by atoms with van der Waals surface area (Å²) in [6.45, 7) is 9.57. The van der Waals surface area contributed by atoms with Crippen molar-refractivity contribution < 1.29 is 14.3 Å². The summed E-state index contributed by atoms with van der Waals surface area (Å²) in [6.07, 6.45) is 8.93. The monoisotopic (exact) mass is 704 g/mol. The molecule has 3 heterocycles. The van der Waals surface area contributed by atoms with E-state index in [0.717, 1.165) is 60.2 Å². The summed E-state index contributed by atoms with van der Waals surface area (Å²) in [6, 6.07) is 9.26. The lowest BCUT2D eigenvalue weighted by atomic mass is 10.2.